The van der Waals surface area contributed by atoms with Gasteiger partial charge < -0.3 is 10.3 Å². The zero-order chi connectivity index (χ0) is 9.90. The van der Waals surface area contributed by atoms with Gasteiger partial charge in [0.05, 0.1) is 4.90 Å². The zero-order valence-corrected chi connectivity index (χ0v) is 7.75. The Morgan fingerprint density at radius 3 is 2.23 bits per heavy atom. The summed E-state index contributed by atoms with van der Waals surface area (Å²) in [5.74, 6) is 0. The molecule has 0 aromatic heterocycles. The fraction of sp³-hybridized carbons (Fsp3) is 0.125. The molecule has 0 heterocycles. The maximum Gasteiger partial charge on any atom is 0.124 e. The second-order valence-corrected chi connectivity index (χ2v) is 3.97. The monoisotopic (exact) mass is 200 g/mol. The summed E-state index contributed by atoms with van der Waals surface area (Å²) >= 11 is 0. The van der Waals surface area contributed by atoms with Gasteiger partial charge in [-0.1, -0.05) is 17.7 Å². The van der Waals surface area contributed by atoms with Crippen molar-refractivity contribution in [2.45, 2.75) is 11.3 Å². The molecule has 0 aliphatic carbocycles. The second kappa shape index (κ2) is 3.87. The van der Waals surface area contributed by atoms with Gasteiger partial charge in [0.15, 0.2) is 0 Å². The summed E-state index contributed by atoms with van der Waals surface area (Å²) in [5.41, 5.74) is 4.48. The van der Waals surface area contributed by atoms with Crippen LogP contribution in [0.25, 0.3) is 0 Å². The van der Waals surface area contributed by atoms with E-state index in [2.05, 4.69) is 5.73 Å². The van der Waals surface area contributed by atoms with Crippen LogP contribution in [0.4, 0.5) is 0 Å². The molecule has 0 bridgehead atoms. The largest absolute Gasteiger partial charge is 0.744 e. The summed E-state index contributed by atoms with van der Waals surface area (Å²) in [6.45, 7) is 1.71. The van der Waals surface area contributed by atoms with E-state index < -0.39 is 10.1 Å². The van der Waals surface area contributed by atoms with Gasteiger partial charge in [-0.2, -0.15) is 0 Å². The van der Waals surface area contributed by atoms with Gasteiger partial charge in [-0.05, 0) is 12.1 Å². The van der Waals surface area contributed by atoms with Gasteiger partial charge >= 0.3 is 0 Å². The molecule has 72 valence electrons. The highest BCUT2D eigenvalue weighted by Crippen LogP contribution is 2.10. The Bertz CT molecular complexity index is 369. The van der Waals surface area contributed by atoms with Crippen molar-refractivity contribution in [2.75, 3.05) is 0 Å². The van der Waals surface area contributed by atoms with Crippen molar-refractivity contribution in [1.29, 1.82) is 0 Å². The molecule has 0 saturated heterocycles. The third kappa shape index (κ3) is 2.80. The lowest BCUT2D eigenvalue weighted by Crippen LogP contribution is -2.45. The predicted octanol–water partition coefficient (Wildman–Crippen LogP) is -0.463. The fourth-order valence-corrected chi connectivity index (χ4v) is 1.43. The summed E-state index contributed by atoms with van der Waals surface area (Å²) in [4.78, 5) is -0.194. The normalized spacial score (nSPS) is 11.5. The van der Waals surface area contributed by atoms with E-state index in [9.17, 15) is 13.0 Å². The Morgan fingerprint density at radius 2 is 1.85 bits per heavy atom. The van der Waals surface area contributed by atoms with E-state index >= 15 is 0 Å². The number of hydrogen-bond acceptors (Lipinski definition) is 3. The maximum atomic E-state index is 10.5. The van der Waals surface area contributed by atoms with Crippen LogP contribution >= 0.6 is 0 Å². The van der Waals surface area contributed by atoms with E-state index in [4.69, 9.17) is 0 Å². The molecule has 0 fully saturated rings. The Morgan fingerprint density at radius 1 is 1.31 bits per heavy atom. The predicted molar refractivity (Wildman–Crippen MR) is 45.3 cm³/mol. The number of rotatable bonds is 3. The van der Waals surface area contributed by atoms with Crippen molar-refractivity contribution >= 4 is 10.1 Å². The first kappa shape index (κ1) is 10.2. The molecule has 0 unspecified atom stereocenters. The van der Waals surface area contributed by atoms with Crippen molar-refractivity contribution in [3.8, 4) is 0 Å². The molecule has 4 nitrogen and oxygen atoms in total. The van der Waals surface area contributed by atoms with Crippen LogP contribution < -0.4 is 5.73 Å². The minimum Gasteiger partial charge on any atom is -0.744 e. The van der Waals surface area contributed by atoms with Crippen LogP contribution in [0, 0.1) is 6.54 Å². The topological polar surface area (TPSA) is 84.8 Å². The highest BCUT2D eigenvalue weighted by Gasteiger charge is 1.98. The Kier molecular flexibility index (Phi) is 3.02. The van der Waals surface area contributed by atoms with Gasteiger partial charge in [0.2, 0.25) is 0 Å². The average molecular weight is 200 g/mol. The van der Waals surface area contributed by atoms with E-state index in [1.165, 1.54) is 12.1 Å². The van der Waals surface area contributed by atoms with Crippen LogP contribution in [-0.2, 0) is 16.5 Å². The average Bonchev–Trinajstić information content (AvgIpc) is 2.04. The van der Waals surface area contributed by atoms with Gasteiger partial charge in [-0.3, -0.25) is 0 Å². The summed E-state index contributed by atoms with van der Waals surface area (Å²) in [6.07, 6.45) is 0.666. The number of quaternary nitrogens is 1. The van der Waals surface area contributed by atoms with Crippen LogP contribution in [0.1, 0.15) is 5.56 Å². The van der Waals surface area contributed by atoms with Crippen molar-refractivity contribution < 1.29 is 18.7 Å². The molecule has 13 heavy (non-hydrogen) atoms. The van der Waals surface area contributed by atoms with E-state index in [0.29, 0.717) is 6.42 Å². The summed E-state index contributed by atoms with van der Waals surface area (Å²) < 4.78 is 31.6. The van der Waals surface area contributed by atoms with Crippen LogP contribution in [0.2, 0.25) is 0 Å². The summed E-state index contributed by atoms with van der Waals surface area (Å²) in [6, 6.07) is 5.82. The fourth-order valence-electron chi connectivity index (χ4n) is 0.959. The van der Waals surface area contributed by atoms with Crippen LogP contribution in [0.15, 0.2) is 29.2 Å². The van der Waals surface area contributed by atoms with Crippen molar-refractivity contribution in [2.24, 2.45) is 0 Å². The molecule has 1 aromatic carbocycles. The molecule has 0 radical (unpaired) electrons. The first-order valence-electron chi connectivity index (χ1n) is 3.70. The zero-order valence-electron chi connectivity index (χ0n) is 6.93. The second-order valence-electron chi connectivity index (χ2n) is 2.59. The minimum atomic E-state index is -4.31. The molecule has 0 aliphatic heterocycles. The third-order valence-corrected chi connectivity index (χ3v) is 2.44. The summed E-state index contributed by atoms with van der Waals surface area (Å²) in [7, 11) is -4.31. The molecule has 5 heteroatoms. The molecule has 3 N–H and O–H groups in total. The first-order valence-corrected chi connectivity index (χ1v) is 5.10. The molecule has 0 saturated carbocycles. The highest BCUT2D eigenvalue weighted by atomic mass is 32.2. The lowest BCUT2D eigenvalue weighted by molar-refractivity contribution is -0.316. The van der Waals surface area contributed by atoms with Gasteiger partial charge in [0.1, 0.15) is 10.1 Å². The Labute approximate surface area is 77.1 Å². The van der Waals surface area contributed by atoms with Crippen molar-refractivity contribution in [3.63, 3.8) is 0 Å². The lowest BCUT2D eigenvalue weighted by Gasteiger charge is -2.08. The van der Waals surface area contributed by atoms with Gasteiger partial charge in [-0.25, -0.2) is 8.42 Å². The molecule has 0 spiro atoms. The van der Waals surface area contributed by atoms with Gasteiger partial charge in [0.25, 0.3) is 0 Å². The number of hydrogen-bond donors (Lipinski definition) is 1. The molecule has 1 rings (SSSR count). The Balaban J connectivity index is 2.94. The molecule has 1 aromatic rings. The first-order chi connectivity index (χ1) is 6.04. The molecular formula is C8H10NO3S-. The third-order valence-electron chi connectivity index (χ3n) is 1.59. The maximum absolute atomic E-state index is 10.5. The molecular weight excluding hydrogens is 190 g/mol. The van der Waals surface area contributed by atoms with Crippen LogP contribution in [-0.4, -0.2) is 13.0 Å². The van der Waals surface area contributed by atoms with Crippen LogP contribution in [0.5, 0.6) is 0 Å². The SMILES string of the molecule is [NH3+][CH-]Cc1ccc(S(=O)(=O)[O-])cc1. The number of benzene rings is 1. The van der Waals surface area contributed by atoms with Gasteiger partial charge in [0, 0.05) is 0 Å². The lowest BCUT2D eigenvalue weighted by atomic mass is 10.2. The highest BCUT2D eigenvalue weighted by molar-refractivity contribution is 7.85. The van der Waals surface area contributed by atoms with E-state index in [1.54, 1.807) is 18.7 Å². The van der Waals surface area contributed by atoms with Crippen molar-refractivity contribution in [1.82, 2.24) is 0 Å². The smallest absolute Gasteiger partial charge is 0.124 e. The molecule has 0 amide bonds. The van der Waals surface area contributed by atoms with E-state index in [-0.39, 0.29) is 4.90 Å². The van der Waals surface area contributed by atoms with E-state index in [0.717, 1.165) is 5.56 Å². The molecule has 0 aliphatic rings. The van der Waals surface area contributed by atoms with Crippen molar-refractivity contribution in [3.05, 3.63) is 36.4 Å². The standard InChI is InChI=1S/C8H11NO3S/c9-6-5-7-1-3-8(4-2-7)13(10,11)12/h1-4,6H,5H2,9H3,(H,10,11,12)/p-1. The van der Waals surface area contributed by atoms with Gasteiger partial charge in [-0.15, -0.1) is 13.0 Å². The molecule has 0 atom stereocenters. The van der Waals surface area contributed by atoms with Crippen LogP contribution in [0.3, 0.4) is 0 Å². The summed E-state index contributed by atoms with van der Waals surface area (Å²) in [5, 5.41) is 0. The minimum absolute atomic E-state index is 0.194. The van der Waals surface area contributed by atoms with E-state index in [1.807, 2.05) is 0 Å². The quantitative estimate of drug-likeness (QED) is 0.529. The Hall–Kier alpha value is -0.910.